The Labute approximate surface area is 167 Å². The molecule has 0 aromatic heterocycles. The van der Waals surface area contributed by atoms with Crippen LogP contribution in [0.2, 0.25) is 0 Å². The largest absolute Gasteiger partial charge is 0.445 e. The second kappa shape index (κ2) is 13.6. The number of nitrogens with one attached hydrogen (secondary N) is 1. The van der Waals surface area contributed by atoms with Crippen molar-refractivity contribution in [2.45, 2.75) is 26.9 Å². The van der Waals surface area contributed by atoms with Crippen LogP contribution in [0, 0.1) is 17.8 Å². The number of ether oxygens (including phenoxy) is 2. The third-order valence-electron chi connectivity index (χ3n) is 3.61. The van der Waals surface area contributed by atoms with Gasteiger partial charge in [-0.25, -0.2) is 4.79 Å². The lowest BCUT2D eigenvalue weighted by molar-refractivity contribution is -0.118. The van der Waals surface area contributed by atoms with Crippen LogP contribution < -0.4 is 11.1 Å². The van der Waals surface area contributed by atoms with E-state index >= 15 is 0 Å². The molecule has 0 saturated heterocycles. The maximum Gasteiger partial charge on any atom is 0.410 e. The minimum Gasteiger partial charge on any atom is -0.445 e. The van der Waals surface area contributed by atoms with Crippen molar-refractivity contribution in [3.63, 3.8) is 0 Å². The minimum atomic E-state index is -0.414. The van der Waals surface area contributed by atoms with Gasteiger partial charge in [0, 0.05) is 31.6 Å². The maximum atomic E-state index is 11.9. The average molecular weight is 389 g/mol. The zero-order valence-corrected chi connectivity index (χ0v) is 17.0. The third-order valence-corrected chi connectivity index (χ3v) is 3.61. The van der Waals surface area contributed by atoms with Gasteiger partial charge in [-0.1, -0.05) is 37.8 Å². The Bertz CT molecular complexity index is 662. The van der Waals surface area contributed by atoms with Crippen molar-refractivity contribution in [3.8, 4) is 11.8 Å². The van der Waals surface area contributed by atoms with Crippen LogP contribution in [0.25, 0.3) is 0 Å². The van der Waals surface area contributed by atoms with Gasteiger partial charge in [-0.15, -0.1) is 0 Å². The highest BCUT2D eigenvalue weighted by Crippen LogP contribution is 2.11. The average Bonchev–Trinajstić information content (AvgIpc) is 2.68. The molecule has 1 amide bonds. The number of nitrogens with zero attached hydrogens (tertiary/aromatic N) is 1. The van der Waals surface area contributed by atoms with Crippen LogP contribution >= 0.6 is 0 Å². The molecular weight excluding hydrogens is 358 g/mol. The van der Waals surface area contributed by atoms with Crippen LogP contribution in [-0.4, -0.2) is 56.7 Å². The van der Waals surface area contributed by atoms with Crippen LogP contribution in [0.15, 0.2) is 24.3 Å². The van der Waals surface area contributed by atoms with Crippen LogP contribution in [0.3, 0.4) is 0 Å². The summed E-state index contributed by atoms with van der Waals surface area (Å²) in [5.41, 5.74) is 7.01. The molecule has 1 rings (SSSR count). The Balaban J connectivity index is 2.31. The fraction of sp³-hybridized carbons (Fsp3) is 0.524. The molecule has 3 N–H and O–H groups in total. The van der Waals surface area contributed by atoms with E-state index in [1.807, 2.05) is 38.1 Å². The van der Waals surface area contributed by atoms with Gasteiger partial charge in [-0.2, -0.15) is 0 Å². The van der Waals surface area contributed by atoms with Crippen LogP contribution in [0.1, 0.15) is 25.8 Å². The fourth-order valence-corrected chi connectivity index (χ4v) is 2.07. The van der Waals surface area contributed by atoms with Gasteiger partial charge in [0.15, 0.2) is 5.78 Å². The number of nitrogens with two attached hydrogens (primary N) is 1. The maximum absolute atomic E-state index is 11.9. The van der Waals surface area contributed by atoms with Gasteiger partial charge < -0.3 is 25.4 Å². The predicted molar refractivity (Wildman–Crippen MR) is 110 cm³/mol. The SMILES string of the molecule is CC(C)C#CCN(C)C(=O)OCc1ccc(NCC(=O)CCOCCN)cc1. The van der Waals surface area contributed by atoms with Crippen molar-refractivity contribution >= 4 is 17.6 Å². The molecule has 0 spiro atoms. The Kier molecular flexibility index (Phi) is 11.4. The number of Topliss-reactive ketones (excluding diaryl/α,β-unsaturated/α-hetero) is 1. The molecule has 0 unspecified atom stereocenters. The number of anilines is 1. The molecule has 0 aliphatic heterocycles. The predicted octanol–water partition coefficient (Wildman–Crippen LogP) is 2.26. The van der Waals surface area contributed by atoms with Crippen molar-refractivity contribution in [2.75, 3.05) is 45.2 Å². The van der Waals surface area contributed by atoms with Gasteiger partial charge in [-0.3, -0.25) is 4.79 Å². The third kappa shape index (κ3) is 10.6. The molecule has 0 saturated carbocycles. The highest BCUT2D eigenvalue weighted by molar-refractivity contribution is 5.82. The van der Waals surface area contributed by atoms with Gasteiger partial charge in [-0.05, 0) is 17.7 Å². The summed E-state index contributed by atoms with van der Waals surface area (Å²) in [5, 5.41) is 3.07. The minimum absolute atomic E-state index is 0.0682. The molecule has 0 bridgehead atoms. The number of rotatable bonds is 11. The zero-order valence-electron chi connectivity index (χ0n) is 17.0. The molecule has 7 heteroatoms. The monoisotopic (exact) mass is 389 g/mol. The Morgan fingerprint density at radius 1 is 1.21 bits per heavy atom. The lowest BCUT2D eigenvalue weighted by atomic mass is 10.2. The van der Waals surface area contributed by atoms with E-state index in [2.05, 4.69) is 17.2 Å². The van der Waals surface area contributed by atoms with Gasteiger partial charge in [0.1, 0.15) is 6.61 Å². The number of hydrogen-bond acceptors (Lipinski definition) is 6. The second-order valence-corrected chi connectivity index (χ2v) is 6.63. The van der Waals surface area contributed by atoms with E-state index in [4.69, 9.17) is 15.2 Å². The van der Waals surface area contributed by atoms with E-state index in [9.17, 15) is 9.59 Å². The summed E-state index contributed by atoms with van der Waals surface area (Å²) in [6.07, 6.45) is -0.0569. The molecule has 1 aromatic rings. The lowest BCUT2D eigenvalue weighted by Crippen LogP contribution is -2.27. The van der Waals surface area contributed by atoms with Crippen molar-refractivity contribution in [2.24, 2.45) is 11.7 Å². The molecular formula is C21H31N3O4. The van der Waals surface area contributed by atoms with Crippen molar-refractivity contribution in [1.29, 1.82) is 0 Å². The molecule has 0 aliphatic rings. The molecule has 154 valence electrons. The van der Waals surface area contributed by atoms with Gasteiger partial charge >= 0.3 is 6.09 Å². The van der Waals surface area contributed by atoms with E-state index < -0.39 is 6.09 Å². The highest BCUT2D eigenvalue weighted by atomic mass is 16.6. The molecule has 0 heterocycles. The number of amides is 1. The summed E-state index contributed by atoms with van der Waals surface area (Å²) in [4.78, 5) is 25.1. The second-order valence-electron chi connectivity index (χ2n) is 6.63. The van der Waals surface area contributed by atoms with Gasteiger partial charge in [0.2, 0.25) is 0 Å². The van der Waals surface area contributed by atoms with E-state index in [1.54, 1.807) is 7.05 Å². The first-order valence-corrected chi connectivity index (χ1v) is 9.41. The van der Waals surface area contributed by atoms with Crippen molar-refractivity contribution < 1.29 is 19.1 Å². The molecule has 7 nitrogen and oxygen atoms in total. The Morgan fingerprint density at radius 3 is 2.57 bits per heavy atom. The van der Waals surface area contributed by atoms with Crippen molar-refractivity contribution in [1.82, 2.24) is 4.90 Å². The molecule has 1 aromatic carbocycles. The summed E-state index contributed by atoms with van der Waals surface area (Å²) in [7, 11) is 1.66. The topological polar surface area (TPSA) is 93.9 Å². The highest BCUT2D eigenvalue weighted by Gasteiger charge is 2.09. The molecule has 0 radical (unpaired) electrons. The molecule has 0 aliphatic carbocycles. The van der Waals surface area contributed by atoms with E-state index in [-0.39, 0.29) is 24.9 Å². The first-order chi connectivity index (χ1) is 13.4. The summed E-state index contributed by atoms with van der Waals surface area (Å²) in [6, 6.07) is 7.39. The summed E-state index contributed by atoms with van der Waals surface area (Å²) < 4.78 is 10.5. The van der Waals surface area contributed by atoms with Gasteiger partial charge in [0.05, 0.1) is 26.3 Å². The number of ketones is 1. The number of carbonyl (C=O) groups is 2. The zero-order chi connectivity index (χ0) is 20.8. The summed E-state index contributed by atoms with van der Waals surface area (Å²) in [5.74, 6) is 6.29. The van der Waals surface area contributed by atoms with Crippen LogP contribution in [0.5, 0.6) is 0 Å². The Morgan fingerprint density at radius 2 is 1.93 bits per heavy atom. The number of carbonyl (C=O) groups excluding carboxylic acids is 2. The van der Waals surface area contributed by atoms with E-state index in [0.717, 1.165) is 11.3 Å². The smallest absolute Gasteiger partial charge is 0.410 e. The summed E-state index contributed by atoms with van der Waals surface area (Å²) in [6.45, 7) is 6.06. The van der Waals surface area contributed by atoms with Gasteiger partial charge in [0.25, 0.3) is 0 Å². The fourth-order valence-electron chi connectivity index (χ4n) is 2.07. The Hall–Kier alpha value is -2.56. The van der Waals surface area contributed by atoms with E-state index in [1.165, 1.54) is 4.90 Å². The lowest BCUT2D eigenvalue weighted by Gasteiger charge is -2.14. The number of benzene rings is 1. The van der Waals surface area contributed by atoms with E-state index in [0.29, 0.717) is 32.7 Å². The molecule has 0 atom stereocenters. The van der Waals surface area contributed by atoms with Crippen LogP contribution in [0.4, 0.5) is 10.5 Å². The first-order valence-electron chi connectivity index (χ1n) is 9.41. The molecule has 0 fully saturated rings. The van der Waals surface area contributed by atoms with Crippen LogP contribution in [-0.2, 0) is 20.9 Å². The normalized spacial score (nSPS) is 10.2. The standard InChI is InChI=1S/C21H31N3O4/c1-17(2)5-4-12-24(3)21(26)28-16-18-6-8-19(9-7-18)23-15-20(25)10-13-27-14-11-22/h6-9,17,23H,10-16,22H2,1-3H3. The number of hydrogen-bond donors (Lipinski definition) is 2. The summed E-state index contributed by atoms with van der Waals surface area (Å²) >= 11 is 0. The molecule has 28 heavy (non-hydrogen) atoms. The quantitative estimate of drug-likeness (QED) is 0.445. The first kappa shape index (κ1) is 23.5. The van der Waals surface area contributed by atoms with Crippen molar-refractivity contribution in [3.05, 3.63) is 29.8 Å².